The monoisotopic (exact) mass is 169 g/mol. The summed E-state index contributed by atoms with van der Waals surface area (Å²) in [4.78, 5) is 20.5. The van der Waals surface area contributed by atoms with Gasteiger partial charge in [-0.05, 0) is 0 Å². The molecule has 0 aliphatic carbocycles. The molecule has 1 aliphatic rings. The molecule has 1 aliphatic heterocycles. The number of hydrogen-bond donors (Lipinski definition) is 0. The Hall–Kier alpha value is -1.27. The fraction of sp³-hybridized carbons (Fsp3) is 0.500. The van der Waals surface area contributed by atoms with Crippen molar-refractivity contribution in [2.75, 3.05) is 13.2 Å². The van der Waals surface area contributed by atoms with Gasteiger partial charge in [-0.25, -0.2) is 4.98 Å². The van der Waals surface area contributed by atoms with E-state index in [1.807, 2.05) is 0 Å². The van der Waals surface area contributed by atoms with E-state index in [1.165, 1.54) is 12.7 Å². The molecule has 1 aromatic heterocycles. The molecule has 0 amide bonds. The Morgan fingerprint density at radius 3 is 2.92 bits per heavy atom. The van der Waals surface area contributed by atoms with Crippen LogP contribution in [0, 0.1) is 0 Å². The molecule has 2 heterocycles. The fourth-order valence-corrected chi connectivity index (χ4v) is 0.599. The maximum atomic E-state index is 4.89. The van der Waals surface area contributed by atoms with Crippen molar-refractivity contribution >= 4 is 0 Å². The minimum atomic E-state index is 0.158. The summed E-state index contributed by atoms with van der Waals surface area (Å²) in [7, 11) is 0. The van der Waals surface area contributed by atoms with Crippen LogP contribution in [-0.2, 0) is 9.62 Å². The molecule has 0 saturated carbocycles. The van der Waals surface area contributed by atoms with Gasteiger partial charge in [0, 0.05) is 0 Å². The third-order valence-electron chi connectivity index (χ3n) is 1.26. The standard InChI is InChI=1S/C6H7N3O3/c1-5(10-1)2-11-12-6-8-3-7-4-9-6/h3-5H,1-2H2. The van der Waals surface area contributed by atoms with Crippen molar-refractivity contribution in [3.05, 3.63) is 12.7 Å². The molecule has 0 N–H and O–H groups in total. The highest BCUT2D eigenvalue weighted by atomic mass is 17.2. The van der Waals surface area contributed by atoms with E-state index in [2.05, 4.69) is 15.0 Å². The molecule has 1 fully saturated rings. The molecule has 1 aromatic rings. The molecule has 0 radical (unpaired) electrons. The number of aromatic nitrogens is 3. The third-order valence-corrected chi connectivity index (χ3v) is 1.26. The van der Waals surface area contributed by atoms with Crippen molar-refractivity contribution in [1.82, 2.24) is 15.0 Å². The van der Waals surface area contributed by atoms with Crippen LogP contribution in [-0.4, -0.2) is 34.3 Å². The Morgan fingerprint density at radius 2 is 2.25 bits per heavy atom. The zero-order valence-corrected chi connectivity index (χ0v) is 6.21. The average Bonchev–Trinajstić information content (AvgIpc) is 2.90. The lowest BCUT2D eigenvalue weighted by Crippen LogP contribution is -2.06. The second kappa shape index (κ2) is 3.42. The van der Waals surface area contributed by atoms with Crippen molar-refractivity contribution in [3.8, 4) is 6.01 Å². The van der Waals surface area contributed by atoms with Gasteiger partial charge in [0.15, 0.2) is 0 Å². The van der Waals surface area contributed by atoms with E-state index < -0.39 is 0 Å². The summed E-state index contributed by atoms with van der Waals surface area (Å²) in [5.41, 5.74) is 0. The molecule has 1 saturated heterocycles. The van der Waals surface area contributed by atoms with Crippen LogP contribution in [0.2, 0.25) is 0 Å². The minimum Gasteiger partial charge on any atom is -0.370 e. The zero-order chi connectivity index (χ0) is 8.23. The van der Waals surface area contributed by atoms with E-state index in [0.717, 1.165) is 6.61 Å². The van der Waals surface area contributed by atoms with Crippen molar-refractivity contribution in [1.29, 1.82) is 0 Å². The van der Waals surface area contributed by atoms with Gasteiger partial charge in [0.05, 0.1) is 6.61 Å². The van der Waals surface area contributed by atoms with Crippen LogP contribution in [0.4, 0.5) is 0 Å². The second-order valence-corrected chi connectivity index (χ2v) is 2.24. The van der Waals surface area contributed by atoms with Gasteiger partial charge in [-0.3, -0.25) is 4.89 Å². The van der Waals surface area contributed by atoms with E-state index in [-0.39, 0.29) is 12.1 Å². The van der Waals surface area contributed by atoms with Gasteiger partial charge in [-0.2, -0.15) is 14.9 Å². The number of hydrogen-bond acceptors (Lipinski definition) is 6. The SMILES string of the molecule is c1ncnc(OOCC2CO2)n1. The van der Waals surface area contributed by atoms with Gasteiger partial charge < -0.3 is 4.74 Å². The molecule has 6 heteroatoms. The molecule has 1 unspecified atom stereocenters. The van der Waals surface area contributed by atoms with Gasteiger partial charge in [-0.1, -0.05) is 0 Å². The molecule has 1 atom stereocenters. The van der Waals surface area contributed by atoms with E-state index in [9.17, 15) is 0 Å². The maximum Gasteiger partial charge on any atom is 0.356 e. The van der Waals surface area contributed by atoms with E-state index in [1.54, 1.807) is 0 Å². The minimum absolute atomic E-state index is 0.158. The van der Waals surface area contributed by atoms with Gasteiger partial charge in [0.2, 0.25) is 0 Å². The molecular weight excluding hydrogens is 162 g/mol. The summed E-state index contributed by atoms with van der Waals surface area (Å²) in [6, 6.07) is 0.158. The predicted octanol–water partition coefficient (Wildman–Crippen LogP) is -0.419. The van der Waals surface area contributed by atoms with Crippen LogP contribution in [0.15, 0.2) is 12.7 Å². The highest BCUT2D eigenvalue weighted by Gasteiger charge is 2.23. The smallest absolute Gasteiger partial charge is 0.356 e. The van der Waals surface area contributed by atoms with Gasteiger partial charge in [-0.15, -0.1) is 0 Å². The Morgan fingerprint density at radius 1 is 1.50 bits per heavy atom. The van der Waals surface area contributed by atoms with Crippen molar-refractivity contribution in [2.45, 2.75) is 6.10 Å². The van der Waals surface area contributed by atoms with Crippen LogP contribution < -0.4 is 4.89 Å². The highest BCUT2D eigenvalue weighted by molar-refractivity contribution is 4.84. The summed E-state index contributed by atoms with van der Waals surface area (Å²) in [5, 5.41) is 0. The van der Waals surface area contributed by atoms with Crippen molar-refractivity contribution in [2.24, 2.45) is 0 Å². The first-order valence-corrected chi connectivity index (χ1v) is 3.48. The Balaban J connectivity index is 1.72. The van der Waals surface area contributed by atoms with Crippen LogP contribution in [0.3, 0.4) is 0 Å². The molecule has 0 spiro atoms. The lowest BCUT2D eigenvalue weighted by atomic mass is 10.5. The number of ether oxygens (including phenoxy) is 1. The van der Waals surface area contributed by atoms with Gasteiger partial charge >= 0.3 is 6.01 Å². The predicted molar refractivity (Wildman–Crippen MR) is 36.1 cm³/mol. The van der Waals surface area contributed by atoms with E-state index >= 15 is 0 Å². The van der Waals surface area contributed by atoms with Crippen LogP contribution in [0.5, 0.6) is 6.01 Å². The summed E-state index contributed by atoms with van der Waals surface area (Å²) < 4.78 is 4.89. The van der Waals surface area contributed by atoms with Crippen LogP contribution in [0.1, 0.15) is 0 Å². The van der Waals surface area contributed by atoms with Gasteiger partial charge in [0.1, 0.15) is 25.4 Å². The topological polar surface area (TPSA) is 69.7 Å². The summed E-state index contributed by atoms with van der Waals surface area (Å²) in [5.74, 6) is 0. The normalized spacial score (nSPS) is 20.5. The molecule has 12 heavy (non-hydrogen) atoms. The molecule has 64 valence electrons. The zero-order valence-electron chi connectivity index (χ0n) is 6.21. The van der Waals surface area contributed by atoms with E-state index in [4.69, 9.17) is 14.5 Å². The quantitative estimate of drug-likeness (QED) is 0.346. The molecule has 0 bridgehead atoms. The largest absolute Gasteiger partial charge is 0.370 e. The first-order chi connectivity index (χ1) is 5.95. The lowest BCUT2D eigenvalue weighted by Gasteiger charge is -1.98. The first-order valence-electron chi connectivity index (χ1n) is 3.48. The summed E-state index contributed by atoms with van der Waals surface area (Å²) in [6.07, 6.45) is 2.84. The van der Waals surface area contributed by atoms with Crippen LogP contribution >= 0.6 is 0 Å². The number of nitrogens with zero attached hydrogens (tertiary/aromatic N) is 3. The summed E-state index contributed by atoms with van der Waals surface area (Å²) >= 11 is 0. The summed E-state index contributed by atoms with van der Waals surface area (Å²) in [6.45, 7) is 1.15. The number of rotatable bonds is 4. The Bertz CT molecular complexity index is 239. The Kier molecular flexibility index (Phi) is 2.10. The molecule has 2 rings (SSSR count). The number of epoxide rings is 1. The third kappa shape index (κ3) is 2.11. The van der Waals surface area contributed by atoms with Crippen molar-refractivity contribution in [3.63, 3.8) is 0 Å². The second-order valence-electron chi connectivity index (χ2n) is 2.24. The highest BCUT2D eigenvalue weighted by Crippen LogP contribution is 2.09. The lowest BCUT2D eigenvalue weighted by molar-refractivity contribution is -0.215. The van der Waals surface area contributed by atoms with Crippen LogP contribution in [0.25, 0.3) is 0 Å². The molecule has 0 aromatic carbocycles. The molecule has 6 nitrogen and oxygen atoms in total. The molecular formula is C6H7N3O3. The Labute approximate surface area is 68.4 Å². The van der Waals surface area contributed by atoms with E-state index in [0.29, 0.717) is 6.61 Å². The fourth-order valence-electron chi connectivity index (χ4n) is 0.599. The first kappa shape index (κ1) is 7.38. The average molecular weight is 169 g/mol. The maximum absolute atomic E-state index is 4.89. The van der Waals surface area contributed by atoms with Gasteiger partial charge in [0.25, 0.3) is 0 Å². The van der Waals surface area contributed by atoms with Crippen molar-refractivity contribution < 1.29 is 14.5 Å².